The number of hydrogen-bond donors (Lipinski definition) is 1. The van der Waals surface area contributed by atoms with Crippen LogP contribution in [0.1, 0.15) is 29.8 Å². The molecular formula is C16H17N3O3. The highest BCUT2D eigenvalue weighted by atomic mass is 16.5. The van der Waals surface area contributed by atoms with E-state index >= 15 is 0 Å². The number of aryl methyl sites for hydroxylation is 2. The molecule has 0 spiro atoms. The number of oxazole rings is 1. The van der Waals surface area contributed by atoms with Gasteiger partial charge in [0, 0.05) is 0 Å². The predicted molar refractivity (Wildman–Crippen MR) is 79.1 cm³/mol. The van der Waals surface area contributed by atoms with Gasteiger partial charge in [-0.2, -0.15) is 5.26 Å². The third-order valence-electron chi connectivity index (χ3n) is 3.15. The molecule has 1 atom stereocenters. The highest BCUT2D eigenvalue weighted by Crippen LogP contribution is 2.13. The number of nitrogens with zero attached hydrogens (tertiary/aromatic N) is 2. The first kappa shape index (κ1) is 15.6. The Hall–Kier alpha value is -2.81. The highest BCUT2D eigenvalue weighted by molar-refractivity contribution is 5.80. The van der Waals surface area contributed by atoms with Gasteiger partial charge < -0.3 is 14.5 Å². The maximum Gasteiger partial charge on any atom is 0.261 e. The number of rotatable bonds is 5. The third-order valence-corrected chi connectivity index (χ3v) is 3.15. The molecule has 6 heteroatoms. The first-order valence-electron chi connectivity index (χ1n) is 6.87. The van der Waals surface area contributed by atoms with Crippen molar-refractivity contribution in [3.05, 3.63) is 47.2 Å². The van der Waals surface area contributed by atoms with Gasteiger partial charge in [-0.05, 0) is 45.0 Å². The largest absolute Gasteiger partial charge is 0.481 e. The van der Waals surface area contributed by atoms with Crippen LogP contribution in [0.3, 0.4) is 0 Å². The summed E-state index contributed by atoms with van der Waals surface area (Å²) in [6.07, 6.45) is -0.662. The van der Waals surface area contributed by atoms with Gasteiger partial charge in [0.2, 0.25) is 5.89 Å². The van der Waals surface area contributed by atoms with E-state index < -0.39 is 6.10 Å². The van der Waals surface area contributed by atoms with Gasteiger partial charge in [-0.25, -0.2) is 4.98 Å². The van der Waals surface area contributed by atoms with Crippen LogP contribution in [-0.2, 0) is 11.3 Å². The molecule has 1 aromatic heterocycles. The zero-order chi connectivity index (χ0) is 16.1. The summed E-state index contributed by atoms with van der Waals surface area (Å²) in [6, 6.07) is 8.61. The lowest BCUT2D eigenvalue weighted by Crippen LogP contribution is -2.35. The molecule has 6 nitrogen and oxygen atoms in total. The summed E-state index contributed by atoms with van der Waals surface area (Å²) in [4.78, 5) is 16.2. The first-order chi connectivity index (χ1) is 10.5. The number of aromatic nitrogens is 1. The van der Waals surface area contributed by atoms with E-state index in [1.165, 1.54) is 0 Å². The Morgan fingerprint density at radius 3 is 2.64 bits per heavy atom. The quantitative estimate of drug-likeness (QED) is 0.914. The predicted octanol–water partition coefficient (Wildman–Crippen LogP) is 2.25. The number of carbonyl (C=O) groups excluding carboxylic acids is 1. The highest BCUT2D eigenvalue weighted by Gasteiger charge is 2.15. The van der Waals surface area contributed by atoms with Crippen LogP contribution in [0.5, 0.6) is 5.75 Å². The summed E-state index contributed by atoms with van der Waals surface area (Å²) >= 11 is 0. The molecule has 0 saturated heterocycles. The normalized spacial score (nSPS) is 11.5. The Bertz CT molecular complexity index is 679. The fraction of sp³-hybridized carbons (Fsp3) is 0.312. The first-order valence-corrected chi connectivity index (χ1v) is 6.87. The smallest absolute Gasteiger partial charge is 0.261 e. The lowest BCUT2D eigenvalue weighted by Gasteiger charge is -2.14. The van der Waals surface area contributed by atoms with E-state index in [1.54, 1.807) is 31.2 Å². The number of carbonyl (C=O) groups is 1. The summed E-state index contributed by atoms with van der Waals surface area (Å²) in [6.45, 7) is 5.54. The number of amides is 1. The average Bonchev–Trinajstić information content (AvgIpc) is 2.84. The Balaban J connectivity index is 1.87. The van der Waals surface area contributed by atoms with Gasteiger partial charge in [-0.1, -0.05) is 0 Å². The summed E-state index contributed by atoms with van der Waals surface area (Å²) in [5.41, 5.74) is 1.35. The fourth-order valence-electron chi connectivity index (χ4n) is 1.79. The van der Waals surface area contributed by atoms with Crippen molar-refractivity contribution < 1.29 is 13.9 Å². The minimum atomic E-state index is -0.662. The molecule has 2 rings (SSSR count). The van der Waals surface area contributed by atoms with Gasteiger partial charge in [-0.3, -0.25) is 4.79 Å². The van der Waals surface area contributed by atoms with Crippen molar-refractivity contribution >= 4 is 5.91 Å². The van der Waals surface area contributed by atoms with Crippen LogP contribution in [0, 0.1) is 25.2 Å². The van der Waals surface area contributed by atoms with E-state index in [4.69, 9.17) is 14.4 Å². The molecule has 1 N–H and O–H groups in total. The van der Waals surface area contributed by atoms with Gasteiger partial charge in [0.15, 0.2) is 6.10 Å². The van der Waals surface area contributed by atoms with Crippen molar-refractivity contribution in [2.24, 2.45) is 0 Å². The molecule has 0 saturated carbocycles. The molecule has 114 valence electrons. The molecule has 0 bridgehead atoms. The van der Waals surface area contributed by atoms with Gasteiger partial charge >= 0.3 is 0 Å². The average molecular weight is 299 g/mol. The van der Waals surface area contributed by atoms with Crippen molar-refractivity contribution in [3.63, 3.8) is 0 Å². The van der Waals surface area contributed by atoms with Crippen LogP contribution in [-0.4, -0.2) is 17.0 Å². The molecule has 1 amide bonds. The Kier molecular flexibility index (Phi) is 4.79. The molecule has 0 radical (unpaired) electrons. The van der Waals surface area contributed by atoms with Gasteiger partial charge in [-0.15, -0.1) is 0 Å². The van der Waals surface area contributed by atoms with Crippen LogP contribution in [0.15, 0.2) is 28.7 Å². The van der Waals surface area contributed by atoms with E-state index in [9.17, 15) is 4.79 Å². The molecule has 1 aromatic carbocycles. The van der Waals surface area contributed by atoms with Crippen molar-refractivity contribution in [3.8, 4) is 11.8 Å². The summed E-state index contributed by atoms with van der Waals surface area (Å²) < 4.78 is 10.9. The molecule has 1 unspecified atom stereocenters. The number of hydrogen-bond acceptors (Lipinski definition) is 5. The molecule has 0 aliphatic heterocycles. The molecular weight excluding hydrogens is 282 g/mol. The standard InChI is InChI=1S/C16H17N3O3/c1-10-11(2)22-15(19-10)9-18-16(20)12(3)21-14-6-4-13(8-17)5-7-14/h4-7,12H,9H2,1-3H3,(H,18,20). The van der Waals surface area contributed by atoms with Gasteiger partial charge in [0.05, 0.1) is 23.9 Å². The second kappa shape index (κ2) is 6.76. The second-order valence-electron chi connectivity index (χ2n) is 4.86. The van der Waals surface area contributed by atoms with Crippen molar-refractivity contribution in [1.29, 1.82) is 5.26 Å². The zero-order valence-electron chi connectivity index (χ0n) is 12.7. The van der Waals surface area contributed by atoms with Crippen LogP contribution in [0.2, 0.25) is 0 Å². The number of benzene rings is 1. The van der Waals surface area contributed by atoms with Crippen LogP contribution in [0.4, 0.5) is 0 Å². The number of ether oxygens (including phenoxy) is 1. The van der Waals surface area contributed by atoms with E-state index in [0.717, 1.165) is 11.5 Å². The van der Waals surface area contributed by atoms with E-state index in [1.807, 2.05) is 19.9 Å². The van der Waals surface area contributed by atoms with Gasteiger partial charge in [0.25, 0.3) is 5.91 Å². The van der Waals surface area contributed by atoms with Crippen molar-refractivity contribution in [1.82, 2.24) is 10.3 Å². The lowest BCUT2D eigenvalue weighted by molar-refractivity contribution is -0.127. The van der Waals surface area contributed by atoms with Crippen molar-refractivity contribution in [2.75, 3.05) is 0 Å². The van der Waals surface area contributed by atoms with Crippen LogP contribution in [0.25, 0.3) is 0 Å². The monoisotopic (exact) mass is 299 g/mol. The van der Waals surface area contributed by atoms with Crippen LogP contribution >= 0.6 is 0 Å². The number of nitrogens with one attached hydrogen (secondary N) is 1. The summed E-state index contributed by atoms with van der Waals surface area (Å²) in [5, 5.41) is 11.4. The van der Waals surface area contributed by atoms with E-state index in [0.29, 0.717) is 17.2 Å². The lowest BCUT2D eigenvalue weighted by atomic mass is 10.2. The second-order valence-corrected chi connectivity index (χ2v) is 4.86. The molecule has 0 fully saturated rings. The molecule has 0 aliphatic rings. The molecule has 22 heavy (non-hydrogen) atoms. The fourth-order valence-corrected chi connectivity index (χ4v) is 1.79. The minimum absolute atomic E-state index is 0.217. The summed E-state index contributed by atoms with van der Waals surface area (Å²) in [5.74, 6) is 1.47. The Morgan fingerprint density at radius 2 is 2.09 bits per heavy atom. The molecule has 2 aromatic rings. The van der Waals surface area contributed by atoms with Gasteiger partial charge in [0.1, 0.15) is 11.5 Å². The summed E-state index contributed by atoms with van der Waals surface area (Å²) in [7, 11) is 0. The topological polar surface area (TPSA) is 88.1 Å². The third kappa shape index (κ3) is 3.85. The van der Waals surface area contributed by atoms with E-state index in [2.05, 4.69) is 10.3 Å². The number of nitriles is 1. The van der Waals surface area contributed by atoms with E-state index in [-0.39, 0.29) is 12.5 Å². The molecule has 1 heterocycles. The molecule has 0 aliphatic carbocycles. The SMILES string of the molecule is Cc1nc(CNC(=O)C(C)Oc2ccc(C#N)cc2)oc1C. The van der Waals surface area contributed by atoms with Crippen LogP contribution < -0.4 is 10.1 Å². The maximum absolute atomic E-state index is 12.0. The van der Waals surface area contributed by atoms with Crippen molar-refractivity contribution in [2.45, 2.75) is 33.4 Å². The Labute approximate surface area is 128 Å². The Morgan fingerprint density at radius 1 is 1.41 bits per heavy atom. The minimum Gasteiger partial charge on any atom is -0.481 e. The zero-order valence-corrected chi connectivity index (χ0v) is 12.7. The maximum atomic E-state index is 12.0.